The molecule has 1 aliphatic rings. The maximum atomic E-state index is 3.92. The van der Waals surface area contributed by atoms with Crippen molar-refractivity contribution in [2.45, 2.75) is 0 Å². The number of hydrazine groups is 1. The van der Waals surface area contributed by atoms with Gasteiger partial charge in [-0.3, -0.25) is 15.4 Å². The Labute approximate surface area is 54.4 Å². The standard InChI is InChI=1S/C5H10N4/c1-5-8(2)6-4-7-9(5)3/h4H,1H2,2-3H3,(H,6,7). The highest BCUT2D eigenvalue weighted by Crippen LogP contribution is 2.02. The minimum atomic E-state index is 0.831. The molecule has 0 aromatic rings. The number of hydrazone groups is 1. The monoisotopic (exact) mass is 126 g/mol. The van der Waals surface area contributed by atoms with Crippen molar-refractivity contribution in [2.24, 2.45) is 5.10 Å². The minimum absolute atomic E-state index is 0.831. The van der Waals surface area contributed by atoms with Crippen LogP contribution in [0.2, 0.25) is 0 Å². The Balaban J connectivity index is 2.69. The summed E-state index contributed by atoms with van der Waals surface area (Å²) in [6.07, 6.45) is 1.61. The summed E-state index contributed by atoms with van der Waals surface area (Å²) in [4.78, 5) is 0. The average Bonchev–Trinajstić information content (AvgIpc) is 1.83. The molecule has 0 saturated heterocycles. The lowest BCUT2D eigenvalue weighted by molar-refractivity contribution is 0.230. The first-order valence-electron chi connectivity index (χ1n) is 2.67. The fraction of sp³-hybridized carbons (Fsp3) is 0.400. The third-order valence-electron chi connectivity index (χ3n) is 1.24. The van der Waals surface area contributed by atoms with Gasteiger partial charge >= 0.3 is 0 Å². The van der Waals surface area contributed by atoms with Crippen LogP contribution in [0.5, 0.6) is 0 Å². The molecule has 1 rings (SSSR count). The van der Waals surface area contributed by atoms with Gasteiger partial charge in [0.25, 0.3) is 0 Å². The van der Waals surface area contributed by atoms with Crippen LogP contribution < -0.4 is 5.43 Å². The predicted octanol–water partition coefficient (Wildman–Crippen LogP) is -0.217. The third kappa shape index (κ3) is 0.960. The van der Waals surface area contributed by atoms with E-state index in [9.17, 15) is 0 Å². The Bertz CT molecular complexity index is 151. The van der Waals surface area contributed by atoms with E-state index >= 15 is 0 Å². The van der Waals surface area contributed by atoms with E-state index in [1.54, 1.807) is 16.4 Å². The lowest BCUT2D eigenvalue weighted by atomic mass is 10.7. The molecule has 1 heterocycles. The zero-order valence-electron chi connectivity index (χ0n) is 5.63. The Hall–Kier alpha value is -1.19. The van der Waals surface area contributed by atoms with Gasteiger partial charge in [0.15, 0.2) is 0 Å². The molecule has 0 amide bonds. The fourth-order valence-corrected chi connectivity index (χ4v) is 0.557. The highest BCUT2D eigenvalue weighted by Gasteiger charge is 2.07. The van der Waals surface area contributed by atoms with Gasteiger partial charge in [-0.1, -0.05) is 6.58 Å². The first kappa shape index (κ1) is 5.94. The van der Waals surface area contributed by atoms with Gasteiger partial charge in [-0.2, -0.15) is 5.10 Å². The molecule has 0 aromatic carbocycles. The van der Waals surface area contributed by atoms with E-state index in [1.807, 2.05) is 14.1 Å². The Kier molecular flexibility index (Phi) is 1.30. The normalized spacial score (nSPS) is 18.2. The molecule has 1 aliphatic heterocycles. The maximum absolute atomic E-state index is 3.92. The van der Waals surface area contributed by atoms with Gasteiger partial charge in [-0.15, -0.1) is 0 Å². The van der Waals surface area contributed by atoms with Crippen LogP contribution >= 0.6 is 0 Å². The summed E-state index contributed by atoms with van der Waals surface area (Å²) >= 11 is 0. The van der Waals surface area contributed by atoms with Gasteiger partial charge in [-0.25, -0.2) is 0 Å². The Morgan fingerprint density at radius 3 is 2.78 bits per heavy atom. The Morgan fingerprint density at radius 2 is 2.33 bits per heavy atom. The Morgan fingerprint density at radius 1 is 1.67 bits per heavy atom. The van der Waals surface area contributed by atoms with Gasteiger partial charge in [0.1, 0.15) is 12.2 Å². The topological polar surface area (TPSA) is 30.9 Å². The summed E-state index contributed by atoms with van der Waals surface area (Å²) in [6, 6.07) is 0. The van der Waals surface area contributed by atoms with Crippen LogP contribution in [0.25, 0.3) is 0 Å². The van der Waals surface area contributed by atoms with E-state index < -0.39 is 0 Å². The van der Waals surface area contributed by atoms with Gasteiger partial charge in [0.05, 0.1) is 0 Å². The second kappa shape index (κ2) is 1.97. The molecule has 9 heavy (non-hydrogen) atoms. The van der Waals surface area contributed by atoms with Crippen LogP contribution in [-0.2, 0) is 0 Å². The van der Waals surface area contributed by atoms with E-state index in [2.05, 4.69) is 17.1 Å². The number of hydrogen-bond donors (Lipinski definition) is 1. The van der Waals surface area contributed by atoms with E-state index in [0.29, 0.717) is 0 Å². The maximum Gasteiger partial charge on any atom is 0.135 e. The average molecular weight is 126 g/mol. The van der Waals surface area contributed by atoms with Crippen molar-refractivity contribution in [3.63, 3.8) is 0 Å². The second-order valence-electron chi connectivity index (χ2n) is 1.87. The molecular weight excluding hydrogens is 116 g/mol. The van der Waals surface area contributed by atoms with Crippen molar-refractivity contribution in [3.05, 3.63) is 12.4 Å². The molecule has 0 spiro atoms. The molecule has 0 fully saturated rings. The van der Waals surface area contributed by atoms with Gasteiger partial charge in [0, 0.05) is 14.1 Å². The molecule has 4 nitrogen and oxygen atoms in total. The van der Waals surface area contributed by atoms with Crippen molar-refractivity contribution in [2.75, 3.05) is 14.1 Å². The zero-order valence-corrected chi connectivity index (χ0v) is 5.63. The van der Waals surface area contributed by atoms with Crippen LogP contribution in [0.3, 0.4) is 0 Å². The van der Waals surface area contributed by atoms with Crippen LogP contribution in [0.4, 0.5) is 0 Å². The first-order chi connectivity index (χ1) is 4.22. The summed E-state index contributed by atoms with van der Waals surface area (Å²) in [5.74, 6) is 0.831. The van der Waals surface area contributed by atoms with Crippen LogP contribution in [0.15, 0.2) is 17.5 Å². The van der Waals surface area contributed by atoms with E-state index in [-0.39, 0.29) is 0 Å². The van der Waals surface area contributed by atoms with Gasteiger partial charge in [-0.05, 0) is 0 Å². The van der Waals surface area contributed by atoms with Crippen LogP contribution in [-0.4, -0.2) is 30.5 Å². The number of nitrogens with zero attached hydrogens (tertiary/aromatic N) is 3. The smallest absolute Gasteiger partial charge is 0.135 e. The van der Waals surface area contributed by atoms with Crippen molar-refractivity contribution in [1.29, 1.82) is 0 Å². The molecule has 0 aromatic heterocycles. The molecule has 1 N–H and O–H groups in total. The van der Waals surface area contributed by atoms with Gasteiger partial charge in [0.2, 0.25) is 0 Å². The highest BCUT2D eigenvalue weighted by molar-refractivity contribution is 5.54. The zero-order chi connectivity index (χ0) is 6.85. The highest BCUT2D eigenvalue weighted by atomic mass is 15.7. The molecule has 50 valence electrons. The largest absolute Gasteiger partial charge is 0.285 e. The molecule has 0 saturated carbocycles. The molecule has 4 heteroatoms. The lowest BCUT2D eigenvalue weighted by Gasteiger charge is -2.29. The molecule has 0 aliphatic carbocycles. The third-order valence-corrected chi connectivity index (χ3v) is 1.24. The second-order valence-corrected chi connectivity index (χ2v) is 1.87. The number of hydrogen-bond acceptors (Lipinski definition) is 4. The van der Waals surface area contributed by atoms with E-state index in [0.717, 1.165) is 5.82 Å². The van der Waals surface area contributed by atoms with Crippen LogP contribution in [0.1, 0.15) is 0 Å². The van der Waals surface area contributed by atoms with Gasteiger partial charge < -0.3 is 0 Å². The predicted molar refractivity (Wildman–Crippen MR) is 36.3 cm³/mol. The first-order valence-corrected chi connectivity index (χ1v) is 2.67. The summed E-state index contributed by atoms with van der Waals surface area (Å²) < 4.78 is 0. The van der Waals surface area contributed by atoms with Crippen molar-refractivity contribution in [3.8, 4) is 0 Å². The van der Waals surface area contributed by atoms with E-state index in [1.165, 1.54) is 0 Å². The molecule has 0 radical (unpaired) electrons. The van der Waals surface area contributed by atoms with E-state index in [4.69, 9.17) is 0 Å². The fourth-order valence-electron chi connectivity index (χ4n) is 0.557. The molecule has 0 bridgehead atoms. The molecule has 0 atom stereocenters. The molecular formula is C5H10N4. The summed E-state index contributed by atoms with van der Waals surface area (Å²) in [6.45, 7) is 3.75. The van der Waals surface area contributed by atoms with Crippen molar-refractivity contribution < 1.29 is 0 Å². The summed E-state index contributed by atoms with van der Waals surface area (Å²) in [5, 5.41) is 7.39. The minimum Gasteiger partial charge on any atom is -0.285 e. The SMILES string of the molecule is C=C1N(C)N=CNN1C. The number of rotatable bonds is 0. The lowest BCUT2D eigenvalue weighted by Crippen LogP contribution is -2.41. The summed E-state index contributed by atoms with van der Waals surface area (Å²) in [7, 11) is 3.72. The molecule has 0 unspecified atom stereocenters. The quantitative estimate of drug-likeness (QED) is 0.487. The van der Waals surface area contributed by atoms with Crippen molar-refractivity contribution >= 4 is 6.34 Å². The van der Waals surface area contributed by atoms with Crippen molar-refractivity contribution in [1.82, 2.24) is 15.4 Å². The summed E-state index contributed by atoms with van der Waals surface area (Å²) in [5.41, 5.74) is 2.86. The van der Waals surface area contributed by atoms with Crippen LogP contribution in [0, 0.1) is 0 Å². The number of nitrogens with one attached hydrogen (secondary N) is 1.